The molecule has 0 aliphatic carbocycles. The van der Waals surface area contributed by atoms with Crippen molar-refractivity contribution in [2.24, 2.45) is 0 Å². The highest BCUT2D eigenvalue weighted by molar-refractivity contribution is 5.13. The van der Waals surface area contributed by atoms with Crippen LogP contribution in [-0.2, 0) is 30.3 Å². The number of allylic oxidation sites excluding steroid dienone is 1. The van der Waals surface area contributed by atoms with E-state index in [0.29, 0.717) is 13.2 Å². The summed E-state index contributed by atoms with van der Waals surface area (Å²) in [7, 11) is 0. The minimum absolute atomic E-state index is 0.184. The van der Waals surface area contributed by atoms with Crippen molar-refractivity contribution in [3.05, 3.63) is 48.2 Å². The smallest absolute Gasteiger partial charge is 0.228 e. The van der Waals surface area contributed by atoms with Gasteiger partial charge in [0.2, 0.25) is 6.29 Å². The maximum atomic E-state index is 5.97. The van der Waals surface area contributed by atoms with Crippen molar-refractivity contribution in [1.29, 1.82) is 0 Å². The molecule has 2 saturated heterocycles. The van der Waals surface area contributed by atoms with Crippen LogP contribution in [-0.4, -0.2) is 37.0 Å². The topological polar surface area (TPSA) is 46.2 Å². The molecular weight excluding hydrogens is 296 g/mol. The van der Waals surface area contributed by atoms with Gasteiger partial charge in [-0.3, -0.25) is 0 Å². The van der Waals surface area contributed by atoms with Crippen LogP contribution in [0.4, 0.5) is 0 Å². The Morgan fingerprint density at radius 1 is 1.13 bits per heavy atom. The summed E-state index contributed by atoms with van der Waals surface area (Å²) in [4.78, 5) is 0. The van der Waals surface area contributed by atoms with Gasteiger partial charge in [-0.25, -0.2) is 0 Å². The molecule has 0 radical (unpaired) electrons. The van der Waals surface area contributed by atoms with E-state index < -0.39 is 12.1 Å². The van der Waals surface area contributed by atoms with Crippen molar-refractivity contribution in [2.75, 3.05) is 6.61 Å². The molecule has 0 amide bonds. The quantitative estimate of drug-likeness (QED) is 0.754. The summed E-state index contributed by atoms with van der Waals surface area (Å²) in [5.74, 6) is -0.631. The third-order valence-corrected chi connectivity index (χ3v) is 3.85. The minimum Gasteiger partial charge on any atom is -0.470 e. The van der Waals surface area contributed by atoms with E-state index in [-0.39, 0.29) is 18.3 Å². The highest BCUT2D eigenvalue weighted by atomic mass is 16.8. The van der Waals surface area contributed by atoms with Crippen LogP contribution < -0.4 is 0 Å². The molecule has 0 aromatic heterocycles. The molecule has 1 aromatic carbocycles. The molecule has 126 valence electrons. The zero-order chi connectivity index (χ0) is 16.3. The number of benzene rings is 1. The normalized spacial score (nSPS) is 32.3. The van der Waals surface area contributed by atoms with Gasteiger partial charge in [0.25, 0.3) is 0 Å². The van der Waals surface area contributed by atoms with Crippen molar-refractivity contribution in [2.45, 2.75) is 57.8 Å². The maximum Gasteiger partial charge on any atom is 0.228 e. The van der Waals surface area contributed by atoms with E-state index in [2.05, 4.69) is 0 Å². The van der Waals surface area contributed by atoms with Gasteiger partial charge >= 0.3 is 0 Å². The van der Waals surface area contributed by atoms with Crippen LogP contribution in [0.1, 0.15) is 26.3 Å². The van der Waals surface area contributed by atoms with E-state index in [1.807, 2.05) is 57.2 Å². The number of ether oxygens (including phenoxy) is 5. The Hall–Kier alpha value is -1.40. The van der Waals surface area contributed by atoms with Crippen molar-refractivity contribution >= 4 is 0 Å². The van der Waals surface area contributed by atoms with Crippen molar-refractivity contribution in [1.82, 2.24) is 0 Å². The summed E-state index contributed by atoms with van der Waals surface area (Å²) in [6.45, 7) is 6.68. The van der Waals surface area contributed by atoms with E-state index in [1.165, 1.54) is 0 Å². The monoisotopic (exact) mass is 320 g/mol. The van der Waals surface area contributed by atoms with Gasteiger partial charge in [-0.1, -0.05) is 36.4 Å². The predicted octanol–water partition coefficient (Wildman–Crippen LogP) is 3.00. The fourth-order valence-corrected chi connectivity index (χ4v) is 2.91. The molecule has 23 heavy (non-hydrogen) atoms. The maximum absolute atomic E-state index is 5.97. The highest BCUT2D eigenvalue weighted by Gasteiger charge is 2.56. The van der Waals surface area contributed by atoms with Crippen LogP contribution >= 0.6 is 0 Å². The first-order chi connectivity index (χ1) is 11.1. The van der Waals surface area contributed by atoms with Gasteiger partial charge in [0, 0.05) is 0 Å². The first-order valence-electron chi connectivity index (χ1n) is 7.98. The van der Waals surface area contributed by atoms with E-state index in [4.69, 9.17) is 23.7 Å². The average molecular weight is 320 g/mol. The lowest BCUT2D eigenvalue weighted by Crippen LogP contribution is -2.32. The van der Waals surface area contributed by atoms with Crippen LogP contribution in [0.15, 0.2) is 42.7 Å². The van der Waals surface area contributed by atoms with Crippen LogP contribution in [0, 0.1) is 0 Å². The molecule has 1 aromatic rings. The fourth-order valence-electron chi connectivity index (χ4n) is 2.91. The molecule has 0 spiro atoms. The summed E-state index contributed by atoms with van der Waals surface area (Å²) in [5, 5.41) is 0. The van der Waals surface area contributed by atoms with Gasteiger partial charge in [0.05, 0.1) is 19.5 Å². The molecule has 4 atom stereocenters. The Kier molecular flexibility index (Phi) is 5.02. The molecule has 0 saturated carbocycles. The Balaban J connectivity index is 1.58. The van der Waals surface area contributed by atoms with Crippen LogP contribution in [0.3, 0.4) is 0 Å². The highest BCUT2D eigenvalue weighted by Crippen LogP contribution is 2.39. The third kappa shape index (κ3) is 3.93. The Labute approximate surface area is 137 Å². The van der Waals surface area contributed by atoms with Gasteiger partial charge in [-0.15, -0.1) is 0 Å². The predicted molar refractivity (Wildman–Crippen MR) is 84.5 cm³/mol. The summed E-state index contributed by atoms with van der Waals surface area (Å²) in [6.07, 6.45) is 2.33. The van der Waals surface area contributed by atoms with Gasteiger partial charge in [0.1, 0.15) is 12.2 Å². The summed E-state index contributed by atoms with van der Waals surface area (Å²) in [6, 6.07) is 10.1. The second kappa shape index (κ2) is 7.01. The summed E-state index contributed by atoms with van der Waals surface area (Å²) in [5.41, 5.74) is 1.13. The average Bonchev–Trinajstić information content (AvgIpc) is 3.00. The zero-order valence-electron chi connectivity index (χ0n) is 13.8. The first kappa shape index (κ1) is 16.5. The second-order valence-electron chi connectivity index (χ2n) is 6.21. The summed E-state index contributed by atoms with van der Waals surface area (Å²) < 4.78 is 29.2. The number of hydrogen-bond donors (Lipinski definition) is 0. The number of hydrogen-bond acceptors (Lipinski definition) is 5. The molecule has 5 heteroatoms. The zero-order valence-corrected chi connectivity index (χ0v) is 13.8. The van der Waals surface area contributed by atoms with E-state index in [9.17, 15) is 0 Å². The number of fused-ring (bicyclic) bond motifs is 1. The van der Waals surface area contributed by atoms with Crippen molar-refractivity contribution in [3.63, 3.8) is 0 Å². The second-order valence-corrected chi connectivity index (χ2v) is 6.21. The lowest BCUT2D eigenvalue weighted by Gasteiger charge is -2.23. The van der Waals surface area contributed by atoms with E-state index in [0.717, 1.165) is 5.56 Å². The number of rotatable bonds is 6. The van der Waals surface area contributed by atoms with Gasteiger partial charge < -0.3 is 23.7 Å². The molecule has 0 N–H and O–H groups in total. The Morgan fingerprint density at radius 3 is 2.61 bits per heavy atom. The molecule has 3 rings (SSSR count). The van der Waals surface area contributed by atoms with Gasteiger partial charge in [-0.05, 0) is 26.3 Å². The van der Waals surface area contributed by atoms with E-state index in [1.54, 1.807) is 6.26 Å². The molecule has 5 nitrogen and oxygen atoms in total. The van der Waals surface area contributed by atoms with Crippen molar-refractivity contribution < 1.29 is 23.7 Å². The lowest BCUT2D eigenvalue weighted by molar-refractivity contribution is -0.226. The lowest BCUT2D eigenvalue weighted by atomic mass is 10.1. The molecular formula is C18H24O5. The Morgan fingerprint density at radius 2 is 1.87 bits per heavy atom. The van der Waals surface area contributed by atoms with E-state index >= 15 is 0 Å². The summed E-state index contributed by atoms with van der Waals surface area (Å²) >= 11 is 0. The molecule has 0 bridgehead atoms. The molecule has 2 heterocycles. The largest absolute Gasteiger partial charge is 0.470 e. The third-order valence-electron chi connectivity index (χ3n) is 3.85. The van der Waals surface area contributed by atoms with Crippen molar-refractivity contribution in [3.8, 4) is 0 Å². The molecule has 2 aliphatic rings. The Bertz CT molecular complexity index is 527. The van der Waals surface area contributed by atoms with Crippen LogP contribution in [0.25, 0.3) is 0 Å². The molecule has 1 unspecified atom stereocenters. The minimum atomic E-state index is -0.631. The molecule has 2 fully saturated rings. The van der Waals surface area contributed by atoms with Gasteiger partial charge in [0.15, 0.2) is 11.9 Å². The SMILES string of the molecule is C/C=C\OC1O[C@H](COCc2ccccc2)[C@H]2OC(C)(C)O[C@@H]12. The fraction of sp³-hybridized carbons (Fsp3) is 0.556. The molecule has 2 aliphatic heterocycles. The van der Waals surface area contributed by atoms with Gasteiger partial charge in [-0.2, -0.15) is 0 Å². The standard InChI is InChI=1S/C18H24O5/c1-4-10-20-17-16-15(22-18(2,3)23-16)14(21-17)12-19-11-13-8-6-5-7-9-13/h4-10,14-17H,11-12H2,1-3H3/b10-4-/t14-,15-,16-,17?/m1/s1. The van der Waals surface area contributed by atoms with Crippen LogP contribution in [0.5, 0.6) is 0 Å². The van der Waals surface area contributed by atoms with Crippen LogP contribution in [0.2, 0.25) is 0 Å². The first-order valence-corrected chi connectivity index (χ1v) is 7.98.